The molecular weight excluding hydrogens is 244 g/mol. The minimum atomic E-state index is -0.812. The van der Waals surface area contributed by atoms with Gasteiger partial charge >= 0.3 is 5.97 Å². The van der Waals surface area contributed by atoms with Crippen LogP contribution in [0.1, 0.15) is 52.4 Å². The minimum Gasteiger partial charge on any atom is -0.481 e. The highest BCUT2D eigenvalue weighted by Gasteiger charge is 2.11. The zero-order valence-corrected chi connectivity index (χ0v) is 12.3. The van der Waals surface area contributed by atoms with E-state index in [1.807, 2.05) is 11.8 Å². The van der Waals surface area contributed by atoms with Crippen LogP contribution in [0.15, 0.2) is 0 Å². The highest BCUT2D eigenvalue weighted by atomic mass is 16.4. The number of unbranched alkanes of at least 4 members (excludes halogenated alkanes) is 3. The highest BCUT2D eigenvalue weighted by molar-refractivity contribution is 5.78. The fraction of sp³-hybridized carbons (Fsp3) is 0.857. The molecule has 19 heavy (non-hydrogen) atoms. The second kappa shape index (κ2) is 12.0. The third-order valence-corrected chi connectivity index (χ3v) is 2.91. The van der Waals surface area contributed by atoms with Crippen molar-refractivity contribution >= 4 is 11.9 Å². The van der Waals surface area contributed by atoms with E-state index in [9.17, 15) is 9.59 Å². The Hall–Kier alpha value is -1.10. The number of carboxylic acids is 1. The second-order valence-electron chi connectivity index (χ2n) is 4.83. The smallest absolute Gasteiger partial charge is 0.304 e. The third kappa shape index (κ3) is 11.7. The maximum Gasteiger partial charge on any atom is 0.304 e. The summed E-state index contributed by atoms with van der Waals surface area (Å²) in [4.78, 5) is 24.2. The molecule has 1 amide bonds. The molecule has 0 aliphatic rings. The number of amides is 1. The lowest BCUT2D eigenvalue weighted by Gasteiger charge is -2.20. The van der Waals surface area contributed by atoms with E-state index >= 15 is 0 Å². The molecule has 0 aromatic carbocycles. The van der Waals surface area contributed by atoms with Gasteiger partial charge in [0, 0.05) is 13.1 Å². The summed E-state index contributed by atoms with van der Waals surface area (Å²) in [5.74, 6) is -0.824. The van der Waals surface area contributed by atoms with Crippen LogP contribution in [-0.4, -0.2) is 48.1 Å². The second-order valence-corrected chi connectivity index (χ2v) is 4.83. The van der Waals surface area contributed by atoms with Gasteiger partial charge < -0.3 is 10.4 Å². The van der Waals surface area contributed by atoms with Crippen LogP contribution in [-0.2, 0) is 9.59 Å². The maximum atomic E-state index is 11.6. The molecular formula is C14H28N2O3. The van der Waals surface area contributed by atoms with E-state index in [1.54, 1.807) is 0 Å². The van der Waals surface area contributed by atoms with Gasteiger partial charge in [-0.05, 0) is 19.4 Å². The molecule has 0 radical (unpaired) electrons. The van der Waals surface area contributed by atoms with Crippen LogP contribution in [0.5, 0.6) is 0 Å². The fourth-order valence-electron chi connectivity index (χ4n) is 1.81. The highest BCUT2D eigenvalue weighted by Crippen LogP contribution is 2.02. The summed E-state index contributed by atoms with van der Waals surface area (Å²) in [7, 11) is 0. The van der Waals surface area contributed by atoms with Crippen LogP contribution in [0.4, 0.5) is 0 Å². The minimum absolute atomic E-state index is 0.0114. The molecule has 5 nitrogen and oxygen atoms in total. The zero-order valence-electron chi connectivity index (χ0n) is 12.3. The van der Waals surface area contributed by atoms with Crippen LogP contribution < -0.4 is 5.32 Å². The molecule has 0 bridgehead atoms. The predicted molar refractivity (Wildman–Crippen MR) is 76.1 cm³/mol. The number of carbonyl (C=O) groups excluding carboxylic acids is 1. The number of rotatable bonds is 12. The van der Waals surface area contributed by atoms with Gasteiger partial charge in [-0.1, -0.05) is 33.1 Å². The van der Waals surface area contributed by atoms with Crippen LogP contribution in [0.2, 0.25) is 0 Å². The van der Waals surface area contributed by atoms with Crippen molar-refractivity contribution in [3.63, 3.8) is 0 Å². The largest absolute Gasteiger partial charge is 0.481 e. The molecule has 0 aromatic rings. The van der Waals surface area contributed by atoms with Gasteiger partial charge in [0.25, 0.3) is 0 Å². The van der Waals surface area contributed by atoms with Gasteiger partial charge in [-0.15, -0.1) is 0 Å². The monoisotopic (exact) mass is 272 g/mol. The average molecular weight is 272 g/mol. The predicted octanol–water partition coefficient (Wildman–Crippen LogP) is 1.87. The molecule has 0 saturated carbocycles. The molecule has 0 heterocycles. The van der Waals surface area contributed by atoms with Gasteiger partial charge in [0.15, 0.2) is 0 Å². The van der Waals surface area contributed by atoms with Crippen molar-refractivity contribution in [3.05, 3.63) is 0 Å². The number of nitrogens with one attached hydrogen (secondary N) is 1. The third-order valence-electron chi connectivity index (χ3n) is 2.91. The summed E-state index contributed by atoms with van der Waals surface area (Å²) in [6, 6.07) is 0. The number of aliphatic carboxylic acids is 1. The molecule has 0 unspecified atom stereocenters. The van der Waals surface area contributed by atoms with Gasteiger partial charge in [0.2, 0.25) is 5.91 Å². The van der Waals surface area contributed by atoms with Crippen molar-refractivity contribution in [2.45, 2.75) is 52.4 Å². The lowest BCUT2D eigenvalue weighted by molar-refractivity contribution is -0.137. The fourth-order valence-corrected chi connectivity index (χ4v) is 1.81. The van der Waals surface area contributed by atoms with Crippen LogP contribution in [0.3, 0.4) is 0 Å². The molecule has 0 aromatic heterocycles. The van der Waals surface area contributed by atoms with Crippen molar-refractivity contribution in [1.82, 2.24) is 10.2 Å². The topological polar surface area (TPSA) is 69.6 Å². The first kappa shape index (κ1) is 17.9. The summed E-state index contributed by atoms with van der Waals surface area (Å²) >= 11 is 0. The molecule has 0 fully saturated rings. The van der Waals surface area contributed by atoms with Crippen molar-refractivity contribution in [1.29, 1.82) is 0 Å². The summed E-state index contributed by atoms with van der Waals surface area (Å²) in [6.45, 7) is 6.39. The average Bonchev–Trinajstić information content (AvgIpc) is 2.38. The summed E-state index contributed by atoms with van der Waals surface area (Å²) in [5, 5.41) is 11.5. The molecule has 0 rings (SSSR count). The van der Waals surface area contributed by atoms with E-state index < -0.39 is 5.97 Å². The first-order valence-corrected chi connectivity index (χ1v) is 7.31. The Bertz CT molecular complexity index is 257. The molecule has 0 spiro atoms. The molecule has 0 saturated heterocycles. The number of carboxylic acid groups (broad SMARTS) is 1. The van der Waals surface area contributed by atoms with E-state index in [-0.39, 0.29) is 12.3 Å². The first-order valence-electron chi connectivity index (χ1n) is 7.31. The molecule has 5 heteroatoms. The molecule has 0 aliphatic heterocycles. The van der Waals surface area contributed by atoms with E-state index in [0.29, 0.717) is 19.6 Å². The van der Waals surface area contributed by atoms with Crippen LogP contribution in [0, 0.1) is 0 Å². The Balaban J connectivity index is 4.01. The molecule has 0 aliphatic carbocycles. The summed E-state index contributed by atoms with van der Waals surface area (Å²) in [5.41, 5.74) is 0. The van der Waals surface area contributed by atoms with Crippen LogP contribution >= 0.6 is 0 Å². The van der Waals surface area contributed by atoms with Gasteiger partial charge in [-0.3, -0.25) is 14.5 Å². The summed E-state index contributed by atoms with van der Waals surface area (Å²) in [6.07, 6.45) is 5.53. The Morgan fingerprint density at radius 2 is 1.79 bits per heavy atom. The lowest BCUT2D eigenvalue weighted by atomic mass is 10.2. The first-order chi connectivity index (χ1) is 9.10. The zero-order chi connectivity index (χ0) is 14.5. The molecule has 2 N–H and O–H groups in total. The maximum absolute atomic E-state index is 11.6. The van der Waals surface area contributed by atoms with Crippen molar-refractivity contribution in [2.75, 3.05) is 26.2 Å². The number of carbonyl (C=O) groups is 2. The van der Waals surface area contributed by atoms with Crippen molar-refractivity contribution in [3.8, 4) is 0 Å². The van der Waals surface area contributed by atoms with Gasteiger partial charge in [0.1, 0.15) is 0 Å². The van der Waals surface area contributed by atoms with Gasteiger partial charge in [0.05, 0.1) is 13.0 Å². The normalized spacial score (nSPS) is 10.7. The Kier molecular flexibility index (Phi) is 11.3. The quantitative estimate of drug-likeness (QED) is 0.532. The number of hydrogen-bond donors (Lipinski definition) is 2. The lowest BCUT2D eigenvalue weighted by Crippen LogP contribution is -2.39. The standard InChI is InChI=1S/C14H28N2O3/c1-3-5-6-7-10-16(11-8-14(18)19)12-13(17)15-9-4-2/h3-12H2,1-2H3,(H,15,17)(H,18,19). The number of nitrogens with zero attached hydrogens (tertiary/aromatic N) is 1. The van der Waals surface area contributed by atoms with E-state index in [4.69, 9.17) is 5.11 Å². The molecule has 112 valence electrons. The van der Waals surface area contributed by atoms with Crippen molar-refractivity contribution < 1.29 is 14.7 Å². The van der Waals surface area contributed by atoms with Crippen LogP contribution in [0.25, 0.3) is 0 Å². The Morgan fingerprint density at radius 1 is 1.05 bits per heavy atom. The van der Waals surface area contributed by atoms with Gasteiger partial charge in [-0.25, -0.2) is 0 Å². The van der Waals surface area contributed by atoms with Gasteiger partial charge in [-0.2, -0.15) is 0 Å². The Morgan fingerprint density at radius 3 is 2.37 bits per heavy atom. The molecule has 0 atom stereocenters. The van der Waals surface area contributed by atoms with E-state index in [2.05, 4.69) is 12.2 Å². The van der Waals surface area contributed by atoms with Crippen molar-refractivity contribution in [2.24, 2.45) is 0 Å². The number of hydrogen-bond acceptors (Lipinski definition) is 3. The van der Waals surface area contributed by atoms with E-state index in [1.165, 1.54) is 12.8 Å². The Labute approximate surface area is 116 Å². The SMILES string of the molecule is CCCCCCN(CCC(=O)O)CC(=O)NCCC. The summed E-state index contributed by atoms with van der Waals surface area (Å²) < 4.78 is 0. The van der Waals surface area contributed by atoms with E-state index in [0.717, 1.165) is 25.8 Å².